The fourth-order valence-corrected chi connectivity index (χ4v) is 3.38. The number of rotatable bonds is 7. The van der Waals surface area contributed by atoms with Gasteiger partial charge >= 0.3 is 11.9 Å². The van der Waals surface area contributed by atoms with Crippen molar-refractivity contribution >= 4 is 28.9 Å². The van der Waals surface area contributed by atoms with Crippen LogP contribution in [0.1, 0.15) is 30.6 Å². The van der Waals surface area contributed by atoms with Crippen molar-refractivity contribution in [3.05, 3.63) is 23.8 Å². The highest BCUT2D eigenvalue weighted by Gasteiger charge is 2.52. The first-order valence-electron chi connectivity index (χ1n) is 7.81. The number of carboxylic acids is 1. The van der Waals surface area contributed by atoms with Crippen LogP contribution in [0.5, 0.6) is 11.5 Å². The van der Waals surface area contributed by atoms with Crippen LogP contribution in [-0.2, 0) is 25.4 Å². The Hall–Kier alpha value is -2.66. The Bertz CT molecular complexity index is 811. The number of hydrogen-bond acceptors (Lipinski definition) is 8. The van der Waals surface area contributed by atoms with Gasteiger partial charge < -0.3 is 29.5 Å². The second kappa shape index (κ2) is 7.53. The molecule has 1 unspecified atom stereocenters. The molecule has 1 aromatic rings. The highest BCUT2D eigenvalue weighted by Crippen LogP contribution is 2.32. The van der Waals surface area contributed by atoms with Gasteiger partial charge in [-0.15, -0.1) is 0 Å². The fourth-order valence-electron chi connectivity index (χ4n) is 2.82. The van der Waals surface area contributed by atoms with Gasteiger partial charge in [-0.2, -0.15) is 0 Å². The van der Waals surface area contributed by atoms with Gasteiger partial charge in [-0.25, -0.2) is 9.59 Å². The molecule has 1 aromatic carbocycles. The standard InChI is InChI=1S/C16H19NO9S/c1-8-5-12(20)17(8)13(14(21)22)16(2,27(24)25)7-26-15(23)9-3-4-10(18)11(19)6-9/h3-4,6,8,13,18-19H,5,7H2,1-2H3,(H,21,22)(H,24,25)/p-1/t8-,13+,16+/m1/s1. The SMILES string of the molecule is C[C@@H]1CC(=O)N1[C@@H](C(=O)O)[C@](C)(COC(=O)c1ccc(O)c(O)c1)S(=O)[O-]. The Kier molecular flexibility index (Phi) is 5.76. The maximum Gasteiger partial charge on any atom is 0.338 e. The lowest BCUT2D eigenvalue weighted by molar-refractivity contribution is -0.163. The highest BCUT2D eigenvalue weighted by atomic mass is 32.2. The van der Waals surface area contributed by atoms with Crippen LogP contribution < -0.4 is 0 Å². The van der Waals surface area contributed by atoms with Gasteiger partial charge in [-0.3, -0.25) is 9.00 Å². The Labute approximate surface area is 156 Å². The third-order valence-corrected chi connectivity index (χ3v) is 5.51. The molecule has 10 nitrogen and oxygen atoms in total. The van der Waals surface area contributed by atoms with E-state index in [4.69, 9.17) is 4.74 Å². The average molecular weight is 400 g/mol. The number of phenols is 2. The van der Waals surface area contributed by atoms with E-state index in [1.54, 1.807) is 6.92 Å². The van der Waals surface area contributed by atoms with Crippen LogP contribution in [0.15, 0.2) is 18.2 Å². The lowest BCUT2D eigenvalue weighted by Gasteiger charge is -2.49. The van der Waals surface area contributed by atoms with Gasteiger partial charge in [0.1, 0.15) is 12.6 Å². The van der Waals surface area contributed by atoms with Crippen molar-refractivity contribution in [2.24, 2.45) is 0 Å². The van der Waals surface area contributed by atoms with Crippen LogP contribution in [0, 0.1) is 0 Å². The molecule has 1 heterocycles. The van der Waals surface area contributed by atoms with E-state index in [-0.39, 0.29) is 12.0 Å². The summed E-state index contributed by atoms with van der Waals surface area (Å²) in [6.45, 7) is 1.81. The summed E-state index contributed by atoms with van der Waals surface area (Å²) < 4.78 is 26.5. The minimum Gasteiger partial charge on any atom is -0.772 e. The monoisotopic (exact) mass is 400 g/mol. The number of amides is 1. The van der Waals surface area contributed by atoms with Crippen LogP contribution in [0.4, 0.5) is 0 Å². The Balaban J connectivity index is 2.25. The minimum atomic E-state index is -3.01. The van der Waals surface area contributed by atoms with Crippen molar-refractivity contribution in [1.82, 2.24) is 4.90 Å². The summed E-state index contributed by atoms with van der Waals surface area (Å²) in [5.74, 6) is -4.13. The summed E-state index contributed by atoms with van der Waals surface area (Å²) in [5.41, 5.74) is -0.176. The number of likely N-dealkylation sites (tertiary alicyclic amines) is 1. The Morgan fingerprint density at radius 3 is 2.48 bits per heavy atom. The van der Waals surface area contributed by atoms with Crippen LogP contribution in [0.25, 0.3) is 0 Å². The first kappa shape index (κ1) is 20.6. The number of carboxylic acid groups (broad SMARTS) is 1. The third kappa shape index (κ3) is 3.88. The molecule has 0 saturated carbocycles. The third-order valence-electron chi connectivity index (χ3n) is 4.41. The number of esters is 1. The number of carbonyl (C=O) groups is 3. The molecule has 1 fully saturated rings. The second-order valence-corrected chi connectivity index (χ2v) is 7.82. The van der Waals surface area contributed by atoms with E-state index in [2.05, 4.69) is 0 Å². The molecule has 0 spiro atoms. The maximum atomic E-state index is 12.1. The second-order valence-electron chi connectivity index (χ2n) is 6.42. The number of benzene rings is 1. The molecule has 27 heavy (non-hydrogen) atoms. The van der Waals surface area contributed by atoms with Gasteiger partial charge in [-0.05, 0) is 43.1 Å². The number of β-lactam (4-membered cyclic amide) rings is 1. The summed E-state index contributed by atoms with van der Waals surface area (Å²) in [6, 6.07) is 0.883. The zero-order valence-electron chi connectivity index (χ0n) is 14.4. The zero-order chi connectivity index (χ0) is 20.5. The summed E-state index contributed by atoms with van der Waals surface area (Å²) in [6.07, 6.45) is 0.0952. The fraction of sp³-hybridized carbons (Fsp3) is 0.438. The Morgan fingerprint density at radius 1 is 1.41 bits per heavy atom. The van der Waals surface area contributed by atoms with Crippen LogP contribution in [0.3, 0.4) is 0 Å². The van der Waals surface area contributed by atoms with Gasteiger partial charge in [0.2, 0.25) is 5.91 Å². The summed E-state index contributed by atoms with van der Waals surface area (Å²) in [5, 5.41) is 28.2. The van der Waals surface area contributed by atoms with Crippen LogP contribution >= 0.6 is 0 Å². The molecule has 0 radical (unpaired) electrons. The van der Waals surface area contributed by atoms with E-state index < -0.39 is 63.9 Å². The van der Waals surface area contributed by atoms with Gasteiger partial charge in [0.05, 0.1) is 10.3 Å². The molecule has 0 aromatic heterocycles. The van der Waals surface area contributed by atoms with Crippen LogP contribution in [0.2, 0.25) is 0 Å². The number of phenolic OH excluding ortho intramolecular Hbond substituents is 2. The van der Waals surface area contributed by atoms with Gasteiger partial charge in [0, 0.05) is 12.5 Å². The molecule has 1 aliphatic heterocycles. The van der Waals surface area contributed by atoms with Crippen molar-refractivity contribution in [3.8, 4) is 11.5 Å². The van der Waals surface area contributed by atoms with Gasteiger partial charge in [0.15, 0.2) is 11.5 Å². The number of carbonyl (C=O) groups excluding carboxylic acids is 2. The number of ether oxygens (including phenoxy) is 1. The predicted octanol–water partition coefficient (Wildman–Crippen LogP) is -0.0336. The molecule has 11 heteroatoms. The average Bonchev–Trinajstić information content (AvgIpc) is 2.59. The molecule has 1 aliphatic rings. The predicted molar refractivity (Wildman–Crippen MR) is 89.7 cm³/mol. The molecule has 1 saturated heterocycles. The number of aromatic hydroxyl groups is 2. The largest absolute Gasteiger partial charge is 0.772 e. The van der Waals surface area contributed by atoms with Gasteiger partial charge in [-0.1, -0.05) is 0 Å². The van der Waals surface area contributed by atoms with E-state index in [0.29, 0.717) is 0 Å². The molecule has 2 rings (SSSR count). The normalized spacial score (nSPS) is 20.9. The lowest BCUT2D eigenvalue weighted by Crippen LogP contribution is -2.68. The molecular weight excluding hydrogens is 382 g/mol. The minimum absolute atomic E-state index is 0.0952. The number of hydrogen-bond donors (Lipinski definition) is 3. The quantitative estimate of drug-likeness (QED) is 0.246. The molecule has 0 bridgehead atoms. The molecule has 0 aliphatic carbocycles. The molecule has 3 N–H and O–H groups in total. The van der Waals surface area contributed by atoms with E-state index in [9.17, 15) is 38.5 Å². The van der Waals surface area contributed by atoms with Crippen molar-refractivity contribution in [3.63, 3.8) is 0 Å². The van der Waals surface area contributed by atoms with Crippen molar-refractivity contribution in [2.75, 3.05) is 6.61 Å². The zero-order valence-corrected chi connectivity index (χ0v) is 15.3. The smallest absolute Gasteiger partial charge is 0.338 e. The Morgan fingerprint density at radius 2 is 2.04 bits per heavy atom. The highest BCUT2D eigenvalue weighted by molar-refractivity contribution is 7.80. The molecular formula is C16H18NO9S-. The van der Waals surface area contributed by atoms with E-state index in [1.807, 2.05) is 0 Å². The van der Waals surface area contributed by atoms with Crippen LogP contribution in [-0.4, -0.2) is 70.3 Å². The summed E-state index contributed by atoms with van der Waals surface area (Å²) >= 11 is -3.01. The lowest BCUT2D eigenvalue weighted by atomic mass is 9.92. The summed E-state index contributed by atoms with van der Waals surface area (Å²) in [4.78, 5) is 36.5. The van der Waals surface area contributed by atoms with Crippen molar-refractivity contribution in [1.29, 1.82) is 0 Å². The first-order valence-corrected chi connectivity index (χ1v) is 8.89. The first-order chi connectivity index (χ1) is 12.5. The summed E-state index contributed by atoms with van der Waals surface area (Å²) in [7, 11) is 0. The molecule has 4 atom stereocenters. The molecule has 148 valence electrons. The van der Waals surface area contributed by atoms with Crippen molar-refractivity contribution < 1.29 is 43.2 Å². The topological polar surface area (TPSA) is 164 Å². The van der Waals surface area contributed by atoms with E-state index >= 15 is 0 Å². The number of aliphatic carboxylic acids is 1. The number of nitrogens with zero attached hydrogens (tertiary/aromatic N) is 1. The van der Waals surface area contributed by atoms with Crippen molar-refractivity contribution in [2.45, 2.75) is 37.1 Å². The van der Waals surface area contributed by atoms with Gasteiger partial charge in [0.25, 0.3) is 0 Å². The molecule has 1 amide bonds. The maximum absolute atomic E-state index is 12.1. The van der Waals surface area contributed by atoms with E-state index in [1.165, 1.54) is 0 Å². The van der Waals surface area contributed by atoms with E-state index in [0.717, 1.165) is 30.0 Å².